The molecule has 0 unspecified atom stereocenters. The summed E-state index contributed by atoms with van der Waals surface area (Å²) < 4.78 is 18.8. The van der Waals surface area contributed by atoms with E-state index in [2.05, 4.69) is 45.3 Å². The first-order chi connectivity index (χ1) is 17.5. The zero-order valence-electron chi connectivity index (χ0n) is 24.7. The highest BCUT2D eigenvalue weighted by molar-refractivity contribution is 6.48. The third-order valence-electron chi connectivity index (χ3n) is 9.02. The Morgan fingerprint density at radius 2 is 1.76 bits per heavy atom. The lowest BCUT2D eigenvalue weighted by atomic mass is 9.43. The number of benzene rings is 1. The summed E-state index contributed by atoms with van der Waals surface area (Å²) in [6.45, 7) is 18.3. The molecule has 2 amide bonds. The highest BCUT2D eigenvalue weighted by Crippen LogP contribution is 2.65. The number of hydrogen-bond donors (Lipinski definition) is 2. The molecular weight excluding hydrogens is 479 g/mol. The lowest BCUT2D eigenvalue weighted by Crippen LogP contribution is -2.65. The van der Waals surface area contributed by atoms with E-state index in [1.54, 1.807) is 27.7 Å². The first-order valence-electron chi connectivity index (χ1n) is 14.2. The van der Waals surface area contributed by atoms with E-state index in [0.29, 0.717) is 30.6 Å². The van der Waals surface area contributed by atoms with Gasteiger partial charge in [-0.25, -0.2) is 4.79 Å². The van der Waals surface area contributed by atoms with Gasteiger partial charge in [-0.2, -0.15) is 0 Å². The summed E-state index contributed by atoms with van der Waals surface area (Å²) in [5, 5.41) is 6.11. The van der Waals surface area contributed by atoms with E-state index in [-0.39, 0.29) is 29.0 Å². The van der Waals surface area contributed by atoms with E-state index in [4.69, 9.17) is 14.0 Å². The van der Waals surface area contributed by atoms with E-state index in [9.17, 15) is 9.59 Å². The third-order valence-corrected chi connectivity index (χ3v) is 9.02. The molecule has 210 valence electrons. The molecule has 0 spiro atoms. The van der Waals surface area contributed by atoms with Crippen LogP contribution >= 0.6 is 0 Å². The van der Waals surface area contributed by atoms with Crippen LogP contribution in [0.1, 0.15) is 87.1 Å². The van der Waals surface area contributed by atoms with Gasteiger partial charge >= 0.3 is 13.2 Å². The Bertz CT molecular complexity index is 1030. The Morgan fingerprint density at radius 1 is 1.11 bits per heavy atom. The van der Waals surface area contributed by atoms with E-state index >= 15 is 0 Å². The van der Waals surface area contributed by atoms with E-state index < -0.39 is 24.4 Å². The smallest absolute Gasteiger partial charge is 0.444 e. The molecule has 3 aliphatic carbocycles. The van der Waals surface area contributed by atoms with Crippen molar-refractivity contribution in [3.63, 3.8) is 0 Å². The average molecular weight is 527 g/mol. The van der Waals surface area contributed by atoms with Crippen molar-refractivity contribution in [2.45, 2.75) is 117 Å². The predicted octanol–water partition coefficient (Wildman–Crippen LogP) is 5.31. The molecule has 1 aromatic carbocycles. The van der Waals surface area contributed by atoms with Crippen LogP contribution in [0.4, 0.5) is 4.79 Å². The van der Waals surface area contributed by atoms with Crippen LogP contribution in [0.5, 0.6) is 0 Å². The van der Waals surface area contributed by atoms with Crippen LogP contribution in [0.25, 0.3) is 0 Å². The number of ether oxygens (including phenoxy) is 1. The van der Waals surface area contributed by atoms with Gasteiger partial charge in [0, 0.05) is 6.42 Å². The second kappa shape index (κ2) is 10.2. The van der Waals surface area contributed by atoms with Crippen molar-refractivity contribution in [3.05, 3.63) is 35.9 Å². The molecule has 38 heavy (non-hydrogen) atoms. The van der Waals surface area contributed by atoms with Gasteiger partial charge in [-0.1, -0.05) is 58.0 Å². The second-order valence-electron chi connectivity index (χ2n) is 14.2. The van der Waals surface area contributed by atoms with Crippen molar-refractivity contribution < 1.29 is 23.6 Å². The number of hydrogen-bond acceptors (Lipinski definition) is 5. The Kier molecular flexibility index (Phi) is 7.74. The van der Waals surface area contributed by atoms with Crippen molar-refractivity contribution in [2.24, 2.45) is 23.2 Å². The number of nitrogens with one attached hydrogen (secondary N) is 2. The van der Waals surface area contributed by atoms with Gasteiger partial charge in [0.05, 0.1) is 17.6 Å². The molecule has 5 rings (SSSR count). The Morgan fingerprint density at radius 3 is 2.34 bits per heavy atom. The van der Waals surface area contributed by atoms with Crippen molar-refractivity contribution in [2.75, 3.05) is 0 Å². The molecule has 3 saturated carbocycles. The van der Waals surface area contributed by atoms with Gasteiger partial charge in [-0.05, 0) is 82.6 Å². The van der Waals surface area contributed by atoms with Crippen LogP contribution in [0.3, 0.4) is 0 Å². The largest absolute Gasteiger partial charge is 0.481 e. The van der Waals surface area contributed by atoms with Crippen molar-refractivity contribution >= 4 is 19.1 Å². The Labute approximate surface area is 229 Å². The van der Waals surface area contributed by atoms with E-state index in [1.807, 2.05) is 30.3 Å². The number of rotatable bonds is 8. The van der Waals surface area contributed by atoms with Crippen molar-refractivity contribution in [1.29, 1.82) is 0 Å². The van der Waals surface area contributed by atoms with Gasteiger partial charge in [-0.15, -0.1) is 0 Å². The lowest BCUT2D eigenvalue weighted by molar-refractivity contribution is -0.199. The SMILES string of the molecule is CC(C)C[C@H](NC(=O)[C@](C)(Cc1ccccc1)NC(=O)OC(C)(C)C)B1O[C@@H]2C[C@@H]3C[C@@H](C3(C)C)[C@]2(C)O1. The minimum atomic E-state index is -1.24. The number of carbonyl (C=O) groups excluding carboxylic acids is 2. The Hall–Kier alpha value is -2.06. The van der Waals surface area contributed by atoms with Crippen LogP contribution < -0.4 is 10.6 Å². The van der Waals surface area contributed by atoms with Gasteiger partial charge in [0.1, 0.15) is 11.1 Å². The topological polar surface area (TPSA) is 85.9 Å². The maximum absolute atomic E-state index is 14.0. The first kappa shape index (κ1) is 28.9. The monoisotopic (exact) mass is 526 g/mol. The minimum Gasteiger partial charge on any atom is -0.444 e. The summed E-state index contributed by atoms with van der Waals surface area (Å²) >= 11 is 0. The fourth-order valence-electron chi connectivity index (χ4n) is 6.86. The van der Waals surface area contributed by atoms with Gasteiger partial charge < -0.3 is 24.7 Å². The zero-order valence-corrected chi connectivity index (χ0v) is 24.7. The summed E-state index contributed by atoms with van der Waals surface area (Å²) in [5.41, 5.74) is -1.09. The zero-order chi connectivity index (χ0) is 28.1. The standard InChI is InChI=1S/C30H47BN2O5/c1-19(2)15-24(31-37-23-17-21-16-22(28(21,6)7)30(23,9)38-31)32-25(34)29(8,18-20-13-11-10-12-14-20)33-26(35)36-27(3,4)5/h10-14,19,21-24H,15-18H2,1-9H3,(H,32,34)(H,33,35)/t21-,22-,23+,24-,29-,30-/m0/s1. The number of carbonyl (C=O) groups is 2. The third kappa shape index (κ3) is 5.76. The molecule has 1 aliphatic heterocycles. The molecule has 8 heteroatoms. The highest BCUT2D eigenvalue weighted by atomic mass is 16.7. The van der Waals surface area contributed by atoms with E-state index in [1.165, 1.54) is 6.42 Å². The molecule has 0 aromatic heterocycles. The van der Waals surface area contributed by atoms with Crippen LogP contribution in [-0.4, -0.2) is 47.9 Å². The summed E-state index contributed by atoms with van der Waals surface area (Å²) in [4.78, 5) is 26.8. The minimum absolute atomic E-state index is 0.0337. The fraction of sp³-hybridized carbons (Fsp3) is 0.733. The summed E-state index contributed by atoms with van der Waals surface area (Å²) in [6, 6.07) is 9.70. The molecular formula is C30H47BN2O5. The summed E-state index contributed by atoms with van der Waals surface area (Å²) in [6.07, 6.45) is 2.59. The maximum atomic E-state index is 14.0. The van der Waals surface area contributed by atoms with Crippen LogP contribution in [0, 0.1) is 23.2 Å². The van der Waals surface area contributed by atoms with Gasteiger partial charge in [0.25, 0.3) is 0 Å². The number of alkyl carbamates (subject to hydrolysis) is 1. The van der Waals surface area contributed by atoms with Crippen LogP contribution in [0.15, 0.2) is 30.3 Å². The first-order valence-corrected chi connectivity index (χ1v) is 14.2. The predicted molar refractivity (Wildman–Crippen MR) is 149 cm³/mol. The molecule has 1 heterocycles. The van der Waals surface area contributed by atoms with Gasteiger partial charge in [0.2, 0.25) is 5.91 Å². The molecule has 4 aliphatic rings. The van der Waals surface area contributed by atoms with Crippen LogP contribution in [0.2, 0.25) is 0 Å². The quantitative estimate of drug-likeness (QED) is 0.449. The van der Waals surface area contributed by atoms with E-state index in [0.717, 1.165) is 12.0 Å². The molecule has 1 saturated heterocycles. The molecule has 0 radical (unpaired) electrons. The van der Waals surface area contributed by atoms with Gasteiger partial charge in [0.15, 0.2) is 0 Å². The fourth-order valence-corrected chi connectivity index (χ4v) is 6.86. The highest BCUT2D eigenvalue weighted by Gasteiger charge is 2.68. The molecule has 2 N–H and O–H groups in total. The summed E-state index contributed by atoms with van der Waals surface area (Å²) in [7, 11) is -0.533. The summed E-state index contributed by atoms with van der Waals surface area (Å²) in [5.74, 6) is 0.775. The molecule has 2 bridgehead atoms. The normalized spacial score (nSPS) is 30.1. The van der Waals surface area contributed by atoms with Gasteiger partial charge in [-0.3, -0.25) is 4.79 Å². The van der Waals surface area contributed by atoms with Crippen molar-refractivity contribution in [3.8, 4) is 0 Å². The maximum Gasteiger partial charge on any atom is 0.481 e. The molecule has 1 aromatic rings. The lowest BCUT2D eigenvalue weighted by Gasteiger charge is -2.64. The Balaban J connectivity index is 1.55. The molecule has 7 nitrogen and oxygen atoms in total. The number of amides is 2. The van der Waals surface area contributed by atoms with Crippen molar-refractivity contribution in [1.82, 2.24) is 10.6 Å². The van der Waals surface area contributed by atoms with Crippen LogP contribution in [-0.2, 0) is 25.3 Å². The molecule has 6 atom stereocenters. The average Bonchev–Trinajstić information content (AvgIpc) is 3.14. The second-order valence-corrected chi connectivity index (χ2v) is 14.2. The molecule has 4 fully saturated rings.